The molecule has 4 aromatic carbocycles. The molecule has 1 heterocycles. The fraction of sp³-hybridized carbons (Fsp3) is 0.133. The van der Waals surface area contributed by atoms with E-state index in [4.69, 9.17) is 32.7 Å². The van der Waals surface area contributed by atoms with Crippen LogP contribution < -0.4 is 9.47 Å². The van der Waals surface area contributed by atoms with E-state index >= 15 is 0 Å². The number of carbonyl (C=O) groups is 1. The van der Waals surface area contributed by atoms with E-state index in [1.165, 1.54) is 11.8 Å². The van der Waals surface area contributed by atoms with Crippen LogP contribution in [-0.4, -0.2) is 29.6 Å². The molecule has 0 unspecified atom stereocenters. The topological polar surface area (TPSA) is 51.1 Å². The van der Waals surface area contributed by atoms with Gasteiger partial charge in [0.05, 0.1) is 27.7 Å². The molecule has 0 spiro atoms. The molecule has 5 nitrogen and oxygen atoms in total. The molecule has 5 rings (SSSR count). The molecule has 192 valence electrons. The number of fused-ring (bicyclic) bond motifs is 1. The molecular formula is C30H24Cl2N2O3S. The van der Waals surface area contributed by atoms with Crippen LogP contribution in [0.25, 0.3) is 16.8 Å². The smallest absolute Gasteiger partial charge is 0.266 e. The lowest BCUT2D eigenvalue weighted by atomic mass is 10.1. The minimum Gasteiger partial charge on any atom is -0.497 e. The minimum absolute atomic E-state index is 0.117. The lowest BCUT2D eigenvalue weighted by Gasteiger charge is -2.13. The van der Waals surface area contributed by atoms with Gasteiger partial charge in [0.1, 0.15) is 12.4 Å². The van der Waals surface area contributed by atoms with E-state index in [2.05, 4.69) is 23.2 Å². The minimum atomic E-state index is -0.117. The molecule has 0 aromatic heterocycles. The van der Waals surface area contributed by atoms with Gasteiger partial charge in [0, 0.05) is 6.54 Å². The van der Waals surface area contributed by atoms with Crippen molar-refractivity contribution in [2.75, 3.05) is 13.7 Å². The average molecular weight is 564 g/mol. The van der Waals surface area contributed by atoms with Gasteiger partial charge in [0.2, 0.25) is 0 Å². The second kappa shape index (κ2) is 11.5. The number of methoxy groups -OCH3 is 1. The maximum Gasteiger partial charge on any atom is 0.266 e. The molecule has 0 N–H and O–H groups in total. The molecule has 0 bridgehead atoms. The average Bonchev–Trinajstić information content (AvgIpc) is 3.21. The van der Waals surface area contributed by atoms with Gasteiger partial charge in [0.25, 0.3) is 5.91 Å². The molecule has 1 saturated heterocycles. The SMILES string of the molecule is CCN1C(=O)/C(=C\c2cc(Cl)c(OCc3cccc4ccccc34)c(Cl)c2)SC1=Nc1ccc(OC)cc1. The van der Waals surface area contributed by atoms with Crippen LogP contribution >= 0.6 is 35.0 Å². The van der Waals surface area contributed by atoms with Gasteiger partial charge in [-0.3, -0.25) is 9.69 Å². The lowest BCUT2D eigenvalue weighted by molar-refractivity contribution is -0.122. The zero-order chi connectivity index (χ0) is 26.6. The summed E-state index contributed by atoms with van der Waals surface area (Å²) in [6.45, 7) is 2.74. The van der Waals surface area contributed by atoms with Gasteiger partial charge in [-0.1, -0.05) is 65.7 Å². The number of ether oxygens (including phenoxy) is 2. The third-order valence-electron chi connectivity index (χ3n) is 6.07. The molecule has 1 aliphatic rings. The summed E-state index contributed by atoms with van der Waals surface area (Å²) < 4.78 is 11.3. The first-order valence-electron chi connectivity index (χ1n) is 12.0. The Morgan fingerprint density at radius 1 is 0.974 bits per heavy atom. The maximum atomic E-state index is 13.1. The molecule has 1 fully saturated rings. The fourth-order valence-electron chi connectivity index (χ4n) is 4.16. The highest BCUT2D eigenvalue weighted by Gasteiger charge is 2.32. The summed E-state index contributed by atoms with van der Waals surface area (Å²) in [6, 6.07) is 25.1. The molecule has 8 heteroatoms. The predicted molar refractivity (Wildman–Crippen MR) is 158 cm³/mol. The van der Waals surface area contributed by atoms with Crippen molar-refractivity contribution in [1.29, 1.82) is 0 Å². The van der Waals surface area contributed by atoms with E-state index in [1.54, 1.807) is 30.2 Å². The molecular weight excluding hydrogens is 539 g/mol. The van der Waals surface area contributed by atoms with Crippen LogP contribution in [0.3, 0.4) is 0 Å². The molecule has 1 aliphatic heterocycles. The monoisotopic (exact) mass is 562 g/mol. The van der Waals surface area contributed by atoms with Crippen molar-refractivity contribution in [2.45, 2.75) is 13.5 Å². The zero-order valence-electron chi connectivity index (χ0n) is 20.8. The third kappa shape index (κ3) is 5.53. The van der Waals surface area contributed by atoms with Crippen LogP contribution in [0.2, 0.25) is 10.0 Å². The summed E-state index contributed by atoms with van der Waals surface area (Å²) in [5.74, 6) is 1.04. The number of nitrogens with zero attached hydrogens (tertiary/aromatic N) is 2. The number of benzene rings is 4. The third-order valence-corrected chi connectivity index (χ3v) is 7.64. The number of amidine groups is 1. The van der Waals surface area contributed by atoms with Crippen molar-refractivity contribution in [2.24, 2.45) is 4.99 Å². The highest BCUT2D eigenvalue weighted by Crippen LogP contribution is 2.38. The van der Waals surface area contributed by atoms with Gasteiger partial charge < -0.3 is 9.47 Å². The molecule has 0 atom stereocenters. The Bertz CT molecular complexity index is 1540. The van der Waals surface area contributed by atoms with Crippen LogP contribution in [-0.2, 0) is 11.4 Å². The summed E-state index contributed by atoms with van der Waals surface area (Å²) in [5, 5.41) is 3.62. The standard InChI is InChI=1S/C30H24Cl2N2O3S/c1-3-34-29(35)27(38-30(34)33-22-11-13-23(36-2)14-12-22)17-19-15-25(31)28(26(32)16-19)37-18-21-9-6-8-20-7-4-5-10-24(20)21/h4-17H,3,18H2,1-2H3/b27-17+,33-30?. The summed E-state index contributed by atoms with van der Waals surface area (Å²) in [7, 11) is 1.62. The van der Waals surface area contributed by atoms with Crippen LogP contribution in [0.4, 0.5) is 5.69 Å². The first kappa shape index (κ1) is 26.2. The largest absolute Gasteiger partial charge is 0.497 e. The van der Waals surface area contributed by atoms with E-state index in [0.717, 1.165) is 27.8 Å². The van der Waals surface area contributed by atoms with Crippen molar-refractivity contribution in [3.8, 4) is 11.5 Å². The Kier molecular flexibility index (Phi) is 7.93. The maximum absolute atomic E-state index is 13.1. The number of halogens is 2. The summed E-state index contributed by atoms with van der Waals surface area (Å²) in [6.07, 6.45) is 1.78. The van der Waals surface area contributed by atoms with Crippen LogP contribution in [0, 0.1) is 0 Å². The van der Waals surface area contributed by atoms with Gasteiger partial charge in [-0.05, 0) is 83.1 Å². The number of aliphatic imine (C=N–C) groups is 1. The quantitative estimate of drug-likeness (QED) is 0.212. The Hall–Kier alpha value is -3.45. The number of amides is 1. The second-order valence-electron chi connectivity index (χ2n) is 8.49. The zero-order valence-corrected chi connectivity index (χ0v) is 23.1. The van der Waals surface area contributed by atoms with Gasteiger partial charge in [-0.15, -0.1) is 0 Å². The number of hydrogen-bond acceptors (Lipinski definition) is 5. The fourth-order valence-corrected chi connectivity index (χ4v) is 5.83. The first-order valence-corrected chi connectivity index (χ1v) is 13.6. The molecule has 0 radical (unpaired) electrons. The predicted octanol–water partition coefficient (Wildman–Crippen LogP) is 8.36. The highest BCUT2D eigenvalue weighted by atomic mass is 35.5. The molecule has 38 heavy (non-hydrogen) atoms. The summed E-state index contributed by atoms with van der Waals surface area (Å²) >= 11 is 14.5. The van der Waals surface area contributed by atoms with Gasteiger partial charge in [-0.2, -0.15) is 0 Å². The summed E-state index contributed by atoms with van der Waals surface area (Å²) in [5.41, 5.74) is 2.48. The number of hydrogen-bond donors (Lipinski definition) is 0. The van der Waals surface area contributed by atoms with Crippen molar-refractivity contribution in [3.05, 3.63) is 105 Å². The van der Waals surface area contributed by atoms with E-state index in [-0.39, 0.29) is 5.91 Å². The number of thioether (sulfide) groups is 1. The molecule has 4 aromatic rings. The van der Waals surface area contributed by atoms with Crippen molar-refractivity contribution in [1.82, 2.24) is 4.90 Å². The molecule has 1 amide bonds. The number of likely N-dealkylation sites (N-methyl/N-ethyl adjacent to an activating group) is 1. The van der Waals surface area contributed by atoms with Gasteiger partial charge in [-0.25, -0.2) is 4.99 Å². The molecule has 0 saturated carbocycles. The van der Waals surface area contributed by atoms with E-state index < -0.39 is 0 Å². The van der Waals surface area contributed by atoms with Crippen LogP contribution in [0.1, 0.15) is 18.1 Å². The first-order chi connectivity index (χ1) is 18.5. The summed E-state index contributed by atoms with van der Waals surface area (Å²) in [4.78, 5) is 19.9. The second-order valence-corrected chi connectivity index (χ2v) is 10.3. The van der Waals surface area contributed by atoms with Gasteiger partial charge in [0.15, 0.2) is 10.9 Å². The normalized spacial score (nSPS) is 15.6. The Balaban J connectivity index is 1.37. The van der Waals surface area contributed by atoms with Crippen molar-refractivity contribution < 1.29 is 14.3 Å². The van der Waals surface area contributed by atoms with Crippen LogP contribution in [0.15, 0.2) is 88.8 Å². The van der Waals surface area contributed by atoms with E-state index in [1.807, 2.05) is 55.5 Å². The number of carbonyl (C=O) groups excluding carboxylic acids is 1. The van der Waals surface area contributed by atoms with Gasteiger partial charge >= 0.3 is 0 Å². The Labute approximate surface area is 235 Å². The van der Waals surface area contributed by atoms with Crippen LogP contribution in [0.5, 0.6) is 11.5 Å². The number of rotatable bonds is 7. The Morgan fingerprint density at radius 3 is 2.39 bits per heavy atom. The Morgan fingerprint density at radius 2 is 1.68 bits per heavy atom. The van der Waals surface area contributed by atoms with Crippen molar-refractivity contribution in [3.63, 3.8) is 0 Å². The van der Waals surface area contributed by atoms with E-state index in [0.29, 0.717) is 44.6 Å². The highest BCUT2D eigenvalue weighted by molar-refractivity contribution is 8.18. The van der Waals surface area contributed by atoms with Crippen molar-refractivity contribution >= 4 is 68.6 Å². The van der Waals surface area contributed by atoms with E-state index in [9.17, 15) is 4.79 Å². The lowest BCUT2D eigenvalue weighted by Crippen LogP contribution is -2.28. The molecule has 0 aliphatic carbocycles.